The Morgan fingerprint density at radius 1 is 1.21 bits per heavy atom. The zero-order valence-corrected chi connectivity index (χ0v) is 10.7. The number of benzene rings is 2. The lowest BCUT2D eigenvalue weighted by Gasteiger charge is -2.11. The van der Waals surface area contributed by atoms with Gasteiger partial charge in [-0.2, -0.15) is 0 Å². The molecule has 4 nitrogen and oxygen atoms in total. The Kier molecular flexibility index (Phi) is 4.14. The van der Waals surface area contributed by atoms with Crippen LogP contribution in [0.4, 0.5) is 5.69 Å². The highest BCUT2D eigenvalue weighted by atomic mass is 35.5. The van der Waals surface area contributed by atoms with Crippen molar-refractivity contribution in [1.82, 2.24) is 0 Å². The number of rotatable bonds is 4. The second-order valence-electron chi connectivity index (χ2n) is 4.16. The van der Waals surface area contributed by atoms with Crippen LogP contribution in [-0.2, 0) is 6.42 Å². The van der Waals surface area contributed by atoms with Gasteiger partial charge in [0.25, 0.3) is 5.69 Å². The highest BCUT2D eigenvalue weighted by Crippen LogP contribution is 2.27. The first-order valence-electron chi connectivity index (χ1n) is 5.74. The number of aliphatic hydroxyl groups is 1. The number of nitro groups is 1. The van der Waals surface area contributed by atoms with Crippen LogP contribution >= 0.6 is 11.6 Å². The molecule has 1 atom stereocenters. The standard InChI is InChI=1S/C14H12ClNO3/c15-12-6-7-13(16(18)19)11(8-12)9-14(17)10-4-2-1-3-5-10/h1-8,14,17H,9H2. The number of nitrogens with zero attached hydrogens (tertiary/aromatic N) is 1. The predicted molar refractivity (Wildman–Crippen MR) is 73.2 cm³/mol. The largest absolute Gasteiger partial charge is 0.388 e. The Hall–Kier alpha value is -1.91. The summed E-state index contributed by atoms with van der Waals surface area (Å²) in [5, 5.41) is 21.5. The molecule has 1 N–H and O–H groups in total. The number of aliphatic hydroxyl groups excluding tert-OH is 1. The summed E-state index contributed by atoms with van der Waals surface area (Å²) in [6, 6.07) is 13.4. The van der Waals surface area contributed by atoms with E-state index >= 15 is 0 Å². The van der Waals surface area contributed by atoms with Crippen molar-refractivity contribution in [3.05, 3.63) is 74.8 Å². The van der Waals surface area contributed by atoms with Gasteiger partial charge < -0.3 is 5.11 Å². The van der Waals surface area contributed by atoms with Crippen molar-refractivity contribution >= 4 is 17.3 Å². The van der Waals surface area contributed by atoms with Gasteiger partial charge >= 0.3 is 0 Å². The van der Waals surface area contributed by atoms with E-state index in [9.17, 15) is 15.2 Å². The first-order chi connectivity index (χ1) is 9.08. The highest BCUT2D eigenvalue weighted by Gasteiger charge is 2.18. The number of hydrogen-bond acceptors (Lipinski definition) is 3. The molecule has 98 valence electrons. The number of nitro benzene ring substituents is 1. The summed E-state index contributed by atoms with van der Waals surface area (Å²) < 4.78 is 0. The zero-order valence-electron chi connectivity index (χ0n) is 9.99. The molecule has 0 saturated carbocycles. The van der Waals surface area contributed by atoms with Crippen molar-refractivity contribution in [1.29, 1.82) is 0 Å². The van der Waals surface area contributed by atoms with E-state index in [-0.39, 0.29) is 12.1 Å². The lowest BCUT2D eigenvalue weighted by atomic mass is 10.0. The maximum atomic E-state index is 10.9. The number of halogens is 1. The van der Waals surface area contributed by atoms with E-state index in [4.69, 9.17) is 11.6 Å². The van der Waals surface area contributed by atoms with Crippen molar-refractivity contribution < 1.29 is 10.0 Å². The lowest BCUT2D eigenvalue weighted by Crippen LogP contribution is -2.04. The molecule has 0 fully saturated rings. The van der Waals surface area contributed by atoms with Crippen LogP contribution in [0.5, 0.6) is 0 Å². The summed E-state index contributed by atoms with van der Waals surface area (Å²) in [4.78, 5) is 10.5. The van der Waals surface area contributed by atoms with E-state index < -0.39 is 11.0 Å². The molecule has 0 bridgehead atoms. The quantitative estimate of drug-likeness (QED) is 0.687. The first kappa shape index (κ1) is 13.5. The summed E-state index contributed by atoms with van der Waals surface area (Å²) in [7, 11) is 0. The monoisotopic (exact) mass is 277 g/mol. The second-order valence-corrected chi connectivity index (χ2v) is 4.60. The van der Waals surface area contributed by atoms with E-state index in [1.807, 2.05) is 18.2 Å². The van der Waals surface area contributed by atoms with Gasteiger partial charge in [-0.1, -0.05) is 41.9 Å². The van der Waals surface area contributed by atoms with Crippen LogP contribution in [0.25, 0.3) is 0 Å². The highest BCUT2D eigenvalue weighted by molar-refractivity contribution is 6.30. The minimum Gasteiger partial charge on any atom is -0.388 e. The van der Waals surface area contributed by atoms with Crippen LogP contribution in [0.1, 0.15) is 17.2 Å². The molecule has 2 aromatic rings. The van der Waals surface area contributed by atoms with Crippen LogP contribution in [0.15, 0.2) is 48.5 Å². The molecule has 0 radical (unpaired) electrons. The van der Waals surface area contributed by atoms with Gasteiger partial charge in [0.05, 0.1) is 11.0 Å². The third kappa shape index (κ3) is 3.30. The average Bonchev–Trinajstić information content (AvgIpc) is 2.39. The molecule has 0 aromatic heterocycles. The molecular weight excluding hydrogens is 266 g/mol. The van der Waals surface area contributed by atoms with Gasteiger partial charge in [-0.25, -0.2) is 0 Å². The van der Waals surface area contributed by atoms with Gasteiger partial charge in [-0.15, -0.1) is 0 Å². The van der Waals surface area contributed by atoms with Crippen LogP contribution in [0.2, 0.25) is 5.02 Å². The Labute approximate surface area is 115 Å². The topological polar surface area (TPSA) is 63.4 Å². The van der Waals surface area contributed by atoms with E-state index in [0.717, 1.165) is 5.56 Å². The fraction of sp³-hybridized carbons (Fsp3) is 0.143. The van der Waals surface area contributed by atoms with Crippen LogP contribution in [0.3, 0.4) is 0 Å². The van der Waals surface area contributed by atoms with Gasteiger partial charge in [-0.05, 0) is 17.7 Å². The lowest BCUT2D eigenvalue weighted by molar-refractivity contribution is -0.385. The summed E-state index contributed by atoms with van der Waals surface area (Å²) in [5.74, 6) is 0. The molecule has 0 aliphatic carbocycles. The third-order valence-electron chi connectivity index (χ3n) is 2.84. The molecule has 0 saturated heterocycles. The van der Waals surface area contributed by atoms with E-state index in [0.29, 0.717) is 10.6 Å². The maximum absolute atomic E-state index is 10.9. The molecule has 0 heterocycles. The van der Waals surface area contributed by atoms with Gasteiger partial charge in [0.15, 0.2) is 0 Å². The van der Waals surface area contributed by atoms with E-state index in [1.54, 1.807) is 12.1 Å². The third-order valence-corrected chi connectivity index (χ3v) is 3.07. The van der Waals surface area contributed by atoms with Crippen LogP contribution in [0, 0.1) is 10.1 Å². The molecule has 19 heavy (non-hydrogen) atoms. The summed E-state index contributed by atoms with van der Waals surface area (Å²) in [6.07, 6.45) is -0.640. The normalized spacial score (nSPS) is 12.1. The molecule has 0 aliphatic rings. The average molecular weight is 278 g/mol. The summed E-state index contributed by atoms with van der Waals surface area (Å²) in [5.41, 5.74) is 1.12. The second kappa shape index (κ2) is 5.82. The molecule has 2 aromatic carbocycles. The zero-order chi connectivity index (χ0) is 13.8. The van der Waals surface area contributed by atoms with Crippen molar-refractivity contribution in [2.75, 3.05) is 0 Å². The van der Waals surface area contributed by atoms with Crippen molar-refractivity contribution in [2.24, 2.45) is 0 Å². The van der Waals surface area contributed by atoms with Crippen molar-refractivity contribution in [2.45, 2.75) is 12.5 Å². The van der Waals surface area contributed by atoms with Crippen LogP contribution < -0.4 is 0 Å². The summed E-state index contributed by atoms with van der Waals surface area (Å²) in [6.45, 7) is 0. The first-order valence-corrected chi connectivity index (χ1v) is 6.11. The molecule has 1 unspecified atom stereocenters. The van der Waals surface area contributed by atoms with Crippen LogP contribution in [-0.4, -0.2) is 10.0 Å². The molecule has 0 aliphatic heterocycles. The smallest absolute Gasteiger partial charge is 0.272 e. The minimum atomic E-state index is -0.793. The summed E-state index contributed by atoms with van der Waals surface area (Å²) >= 11 is 5.85. The Morgan fingerprint density at radius 3 is 2.53 bits per heavy atom. The Morgan fingerprint density at radius 2 is 1.89 bits per heavy atom. The predicted octanol–water partition coefficient (Wildman–Crippen LogP) is 3.52. The fourth-order valence-electron chi connectivity index (χ4n) is 1.90. The molecule has 5 heteroatoms. The number of hydrogen-bond donors (Lipinski definition) is 1. The van der Waals surface area contributed by atoms with Gasteiger partial charge in [0, 0.05) is 23.1 Å². The molecular formula is C14H12ClNO3. The minimum absolute atomic E-state index is 0.0284. The fourth-order valence-corrected chi connectivity index (χ4v) is 2.09. The van der Waals surface area contributed by atoms with E-state index in [1.165, 1.54) is 18.2 Å². The van der Waals surface area contributed by atoms with Gasteiger partial charge in [0.2, 0.25) is 0 Å². The molecule has 0 spiro atoms. The van der Waals surface area contributed by atoms with Crippen molar-refractivity contribution in [3.63, 3.8) is 0 Å². The van der Waals surface area contributed by atoms with Gasteiger partial charge in [0.1, 0.15) is 0 Å². The van der Waals surface area contributed by atoms with Gasteiger partial charge in [-0.3, -0.25) is 10.1 Å². The van der Waals surface area contributed by atoms with E-state index in [2.05, 4.69) is 0 Å². The SMILES string of the molecule is O=[N+]([O-])c1ccc(Cl)cc1CC(O)c1ccccc1. The Balaban J connectivity index is 2.28. The maximum Gasteiger partial charge on any atom is 0.272 e. The Bertz CT molecular complexity index is 586. The molecule has 0 amide bonds. The molecule has 2 rings (SSSR count). The van der Waals surface area contributed by atoms with Crippen molar-refractivity contribution in [3.8, 4) is 0 Å².